The van der Waals surface area contributed by atoms with Crippen molar-refractivity contribution >= 4 is 87.8 Å². The third kappa shape index (κ3) is 20.7. The standard InChI is InChI=1S/C86H90Cl2N10O26S/c1-4-5-22-118-46-14-9-13-40(24-46)36-91-86(3)35-63(119-38(2)76(86)108)123-75-73(107)72(106)61(37-99)122-85(75)124-74-59-29-44-30-60(74)121-58-21-18-43(28-51(58)88)71(105)69-83(115)96-67(81(113)93-54(84(116)117)25-39-11-7-6-8-12-39)49-31-45(100)32-56(102)64(49)48-26-41(16-19-55(48)101)65(79(111)98-69)95-80(112)66(44)94-78(110)53(34-62(90)103)92-82(114)68(70(104)42-17-20-57(120-59)50(87)27-42)97-77(109)52(89)33-47-15-10-23-125-47/h4,6-21,23-24,26-32,38,52-54,61,63,65-73,75-76,85,91,99-102,104-108H,1,5,22,25,33-37,89H2,2-3H3,(H2,90,103)(H,92,114)(H,93,113)(H,94,110)(H,95,112)(H,96,115)(H,97,109)(H,98,111)(H,116,117)/t38-,52-,53-,54-,61+,63-,65+,66+,67-,68+,69-,70+,71+,72+,73-,75+,76+,85-,86-/m0/s1. The van der Waals surface area contributed by atoms with Crippen LogP contribution in [0.5, 0.6) is 51.7 Å². The highest BCUT2D eigenvalue weighted by Gasteiger charge is 2.52. The summed E-state index contributed by atoms with van der Waals surface area (Å²) in [5.41, 5.74) is 9.06. The molecule has 660 valence electrons. The zero-order valence-electron chi connectivity index (χ0n) is 66.6. The molecule has 0 aliphatic carbocycles. The van der Waals surface area contributed by atoms with Crippen LogP contribution in [0.25, 0.3) is 11.1 Å². The maximum absolute atomic E-state index is 16.4. The van der Waals surface area contributed by atoms with Crippen molar-refractivity contribution in [1.82, 2.24) is 42.5 Å². The number of rotatable bonds is 23. The van der Waals surface area contributed by atoms with E-state index >= 15 is 28.8 Å². The molecule has 22 N–H and O–H groups in total. The average molecular weight is 1780 g/mol. The fourth-order valence-electron chi connectivity index (χ4n) is 15.2. The predicted octanol–water partition coefficient (Wildman–Crippen LogP) is 3.62. The van der Waals surface area contributed by atoms with Crippen molar-refractivity contribution in [2.24, 2.45) is 11.5 Å². The second-order valence-corrected chi connectivity index (χ2v) is 32.6. The number of carbonyl (C=O) groups excluding carboxylic acids is 8. The Hall–Kier alpha value is -12.1. The monoisotopic (exact) mass is 1780 g/mol. The number of hydrogen-bond donors (Lipinski definition) is 20. The molecule has 8 aromatic rings. The SMILES string of the molecule is C=CCCOc1cccc(CN[C@@]2(C)C[C@H](O[C@H]3[C@H](Oc4c5cc6cc4Oc4ccc(cc4Cl)[C@@H](O)[C@@H](NC(=O)[C@@H](N)Cc4cccs4)C(=O)N[C@@H](CC(N)=O)C(=O)N[C@H]6C(=O)N[C@H]4C(=O)N[C@H](C(=O)N[C@H](C(=O)N[C@@H](Cc6ccccc6)C(=O)O)c6cc(O)cc(O)c6-c6cc4ccc6O)[C@H](O)c4ccc(c(Cl)c4)O5)O[C@H](CO)[C@@H](O)[C@@H]3O)O[C@@H](C)[C@H]2O)c1. The van der Waals surface area contributed by atoms with E-state index in [-0.39, 0.29) is 42.7 Å². The van der Waals surface area contributed by atoms with Gasteiger partial charge in [0.2, 0.25) is 59.3 Å². The molecule has 8 amide bonds. The van der Waals surface area contributed by atoms with Gasteiger partial charge in [0, 0.05) is 53.4 Å². The molecule has 1 aromatic heterocycles. The summed E-state index contributed by atoms with van der Waals surface area (Å²) < 4.78 is 45.5. The third-order valence-corrected chi connectivity index (χ3v) is 23.3. The number of thiophene rings is 1. The molecule has 125 heavy (non-hydrogen) atoms. The van der Waals surface area contributed by atoms with Crippen LogP contribution in [0.2, 0.25) is 10.0 Å². The summed E-state index contributed by atoms with van der Waals surface area (Å²) in [5.74, 6) is -17.1. The molecular formula is C86H90Cl2N10O26S. The number of carbonyl (C=O) groups is 9. The van der Waals surface area contributed by atoms with Gasteiger partial charge in [0.15, 0.2) is 23.9 Å². The quantitative estimate of drug-likeness (QED) is 0.0321. The maximum Gasteiger partial charge on any atom is 0.326 e. The molecule has 0 radical (unpaired) electrons. The highest BCUT2D eigenvalue weighted by atomic mass is 35.5. The largest absolute Gasteiger partial charge is 0.508 e. The van der Waals surface area contributed by atoms with Crippen molar-refractivity contribution in [2.45, 2.75) is 168 Å². The van der Waals surface area contributed by atoms with Gasteiger partial charge < -0.3 is 138 Å². The Labute approximate surface area is 726 Å². The van der Waals surface area contributed by atoms with E-state index in [0.29, 0.717) is 29.2 Å². The van der Waals surface area contributed by atoms with Crippen LogP contribution in [-0.4, -0.2) is 202 Å². The number of halogens is 2. The number of aliphatic hydroxyl groups is 6. The Morgan fingerprint density at radius 1 is 0.696 bits per heavy atom. The lowest BCUT2D eigenvalue weighted by Crippen LogP contribution is -2.65. The molecular weight excluding hydrogens is 1690 g/mol. The van der Waals surface area contributed by atoms with Gasteiger partial charge in [0.05, 0.1) is 47.9 Å². The van der Waals surface area contributed by atoms with Crippen molar-refractivity contribution < 1.29 is 127 Å². The molecule has 36 nitrogen and oxygen atoms in total. The Morgan fingerprint density at radius 2 is 1.36 bits per heavy atom. The Bertz CT molecular complexity index is 5410. The summed E-state index contributed by atoms with van der Waals surface area (Å²) in [5, 5.41) is 139. The molecule has 39 heteroatoms. The second-order valence-electron chi connectivity index (χ2n) is 30.7. The predicted molar refractivity (Wildman–Crippen MR) is 444 cm³/mol. The van der Waals surface area contributed by atoms with Crippen molar-refractivity contribution in [3.05, 3.63) is 217 Å². The average Bonchev–Trinajstić information content (AvgIpc) is 0.866. The number of aliphatic carboxylic acids is 1. The normalized spacial score (nSPS) is 26.1. The van der Waals surface area contributed by atoms with Gasteiger partial charge in [0.25, 0.3) is 0 Å². The number of aliphatic hydroxyl groups excluding tert-OH is 6. The summed E-state index contributed by atoms with van der Waals surface area (Å²) >= 11 is 15.7. The van der Waals surface area contributed by atoms with Gasteiger partial charge in [-0.05, 0) is 137 Å². The van der Waals surface area contributed by atoms with E-state index in [4.69, 9.17) is 67.8 Å². The van der Waals surface area contributed by atoms with Gasteiger partial charge in [-0.1, -0.05) is 96.0 Å². The summed E-state index contributed by atoms with van der Waals surface area (Å²) in [6.45, 7) is 6.51. The van der Waals surface area contributed by atoms with Crippen molar-refractivity contribution in [2.75, 3.05) is 13.2 Å². The molecule has 0 unspecified atom stereocenters. The van der Waals surface area contributed by atoms with E-state index in [1.807, 2.05) is 12.1 Å². The molecule has 2 saturated heterocycles. The van der Waals surface area contributed by atoms with Crippen molar-refractivity contribution in [1.29, 1.82) is 0 Å². The number of amides is 8. The number of nitrogens with one attached hydrogen (secondary N) is 8. The molecule has 0 spiro atoms. The van der Waals surface area contributed by atoms with E-state index in [2.05, 4.69) is 49.1 Å². The molecule has 7 aliphatic heterocycles. The van der Waals surface area contributed by atoms with Gasteiger partial charge in [-0.15, -0.1) is 17.9 Å². The number of aromatic hydroxyl groups is 3. The fraction of sp³-hybridized carbons (Fsp3) is 0.337. The molecule has 7 aromatic carbocycles. The maximum atomic E-state index is 16.4. The number of ether oxygens (including phenoxy) is 7. The molecule has 8 heterocycles. The number of primary amides is 1. The molecule has 11 bridgehead atoms. The zero-order valence-corrected chi connectivity index (χ0v) is 68.9. The molecule has 0 saturated carbocycles. The first kappa shape index (κ1) is 90.7. The second kappa shape index (κ2) is 39.0. The van der Waals surface area contributed by atoms with Crippen LogP contribution in [-0.2, 0) is 76.7 Å². The fourth-order valence-corrected chi connectivity index (χ4v) is 16.4. The van der Waals surface area contributed by atoms with E-state index in [0.717, 1.165) is 72.3 Å². The van der Waals surface area contributed by atoms with Gasteiger partial charge in [-0.25, -0.2) is 4.79 Å². The lowest BCUT2D eigenvalue weighted by molar-refractivity contribution is -0.334. The number of phenols is 3. The lowest BCUT2D eigenvalue weighted by Gasteiger charge is -2.48. The van der Waals surface area contributed by atoms with Gasteiger partial charge in [0.1, 0.15) is 107 Å². The van der Waals surface area contributed by atoms with E-state index in [1.54, 1.807) is 79.9 Å². The van der Waals surface area contributed by atoms with Crippen LogP contribution >= 0.6 is 34.5 Å². The van der Waals surface area contributed by atoms with Crippen LogP contribution in [0.4, 0.5) is 0 Å². The van der Waals surface area contributed by atoms with Crippen LogP contribution < -0.4 is 72.9 Å². The van der Waals surface area contributed by atoms with E-state index in [1.165, 1.54) is 23.5 Å². The molecule has 15 rings (SSSR count). The number of carboxylic acids is 1. The first-order valence-corrected chi connectivity index (χ1v) is 41.0. The minimum absolute atomic E-state index is 0.0713. The highest BCUT2D eigenvalue weighted by molar-refractivity contribution is 7.09. The summed E-state index contributed by atoms with van der Waals surface area (Å²) in [6, 6.07) is 15.3. The summed E-state index contributed by atoms with van der Waals surface area (Å²) in [4.78, 5) is 135. The van der Waals surface area contributed by atoms with Crippen molar-refractivity contribution in [3.63, 3.8) is 0 Å². The molecule has 19 atom stereocenters. The Balaban J connectivity index is 0.987. The molecule has 7 aliphatic rings. The number of benzene rings is 7. The number of hydrogen-bond acceptors (Lipinski definition) is 28. The topological polar surface area (TPSA) is 569 Å². The third-order valence-electron chi connectivity index (χ3n) is 21.8. The summed E-state index contributed by atoms with van der Waals surface area (Å²) in [7, 11) is 0. The number of nitrogens with two attached hydrogens (primary N) is 2. The van der Waals surface area contributed by atoms with Crippen LogP contribution in [0.1, 0.15) is 107 Å². The van der Waals surface area contributed by atoms with E-state index in [9.17, 15) is 65.4 Å². The van der Waals surface area contributed by atoms with Crippen LogP contribution in [0.3, 0.4) is 0 Å². The van der Waals surface area contributed by atoms with Crippen molar-refractivity contribution in [3.8, 4) is 62.9 Å². The lowest BCUT2D eigenvalue weighted by atomic mass is 9.84. The first-order chi connectivity index (χ1) is 59.7. The number of carboxylic acid groups (broad SMARTS) is 1. The Morgan fingerprint density at radius 3 is 2.02 bits per heavy atom. The number of phenolic OH excluding ortho intramolecular Hbond substituents is 3. The highest BCUT2D eigenvalue weighted by Crippen LogP contribution is 2.50. The van der Waals surface area contributed by atoms with Gasteiger partial charge in [-0.2, -0.15) is 0 Å². The molecule has 2 fully saturated rings. The Kier molecular flexibility index (Phi) is 28.3. The minimum Gasteiger partial charge on any atom is -0.508 e. The smallest absolute Gasteiger partial charge is 0.326 e. The zero-order chi connectivity index (χ0) is 89.6. The van der Waals surface area contributed by atoms with Crippen LogP contribution in [0, 0.1) is 0 Å². The number of fused-ring (bicyclic) bond motifs is 15. The van der Waals surface area contributed by atoms with Crippen LogP contribution in [0.15, 0.2) is 164 Å². The van der Waals surface area contributed by atoms with Gasteiger partial charge >= 0.3 is 5.97 Å². The first-order valence-electron chi connectivity index (χ1n) is 39.4. The summed E-state index contributed by atoms with van der Waals surface area (Å²) in [6.07, 6.45) is -17.4. The van der Waals surface area contributed by atoms with E-state index < -0.39 is 260 Å². The minimum atomic E-state index is -2.42. The van der Waals surface area contributed by atoms with Gasteiger partial charge in [-0.3, -0.25) is 38.4 Å².